The number of carbonyl (C=O) groups excluding carboxylic acids is 1. The zero-order valence-corrected chi connectivity index (χ0v) is 17.2. The van der Waals surface area contributed by atoms with Crippen molar-refractivity contribution in [1.82, 2.24) is 4.98 Å². The molecule has 0 N–H and O–H groups in total. The first-order valence-corrected chi connectivity index (χ1v) is 10.8. The molecule has 1 amide bonds. The first kappa shape index (κ1) is 23.3. The molecular weight excluding hydrogens is 451 g/mol. The second-order valence-corrected chi connectivity index (χ2v) is 8.75. The molecule has 0 aromatic carbocycles. The predicted molar refractivity (Wildman–Crippen MR) is 106 cm³/mol. The first-order chi connectivity index (χ1) is 13.6. The van der Waals surface area contributed by atoms with Crippen LogP contribution in [0.15, 0.2) is 24.5 Å². The van der Waals surface area contributed by atoms with Gasteiger partial charge in [0.15, 0.2) is 17.5 Å². The molecule has 0 saturated carbocycles. The second kappa shape index (κ2) is 10.2. The molecule has 2 aromatic rings. The number of hydrogen-bond donors (Lipinski definition) is 0. The predicted octanol–water partition coefficient (Wildman–Crippen LogP) is 3.15. The van der Waals surface area contributed by atoms with Gasteiger partial charge in [0, 0.05) is 6.07 Å². The van der Waals surface area contributed by atoms with Crippen LogP contribution in [0.25, 0.3) is 10.6 Å². The minimum Gasteiger partial charge on any atom is -0.619 e. The maximum atomic E-state index is 12.5. The SMILES string of the molecule is C#CCN(C(=O)CC[S+]([O-])CCC(F)(F)F)c1sc(-c2ccc[n+]([O-])c2)nc1Cl. The minimum absolute atomic E-state index is 0.00639. The van der Waals surface area contributed by atoms with E-state index in [2.05, 4.69) is 10.9 Å². The zero-order valence-electron chi connectivity index (χ0n) is 14.8. The number of halogens is 4. The summed E-state index contributed by atoms with van der Waals surface area (Å²) in [6, 6.07) is 3.17. The van der Waals surface area contributed by atoms with Gasteiger partial charge in [-0.1, -0.05) is 40.0 Å². The number of thiazole rings is 1. The van der Waals surface area contributed by atoms with Gasteiger partial charge < -0.3 is 9.76 Å². The molecule has 0 aliphatic heterocycles. The zero-order chi connectivity index (χ0) is 21.6. The van der Waals surface area contributed by atoms with Gasteiger partial charge in [-0.25, -0.2) is 4.98 Å². The largest absolute Gasteiger partial charge is 0.619 e. The summed E-state index contributed by atoms with van der Waals surface area (Å²) >= 11 is 5.38. The molecule has 0 radical (unpaired) electrons. The summed E-state index contributed by atoms with van der Waals surface area (Å²) in [5, 5.41) is 12.1. The highest BCUT2D eigenvalue weighted by Gasteiger charge is 2.30. The van der Waals surface area contributed by atoms with Crippen LogP contribution in [-0.4, -0.2) is 39.7 Å². The highest BCUT2D eigenvalue weighted by atomic mass is 35.5. The molecule has 0 saturated heterocycles. The topological polar surface area (TPSA) is 83.2 Å². The van der Waals surface area contributed by atoms with Crippen LogP contribution in [0.5, 0.6) is 0 Å². The smallest absolute Gasteiger partial charge is 0.393 e. The summed E-state index contributed by atoms with van der Waals surface area (Å²) in [5.74, 6) is 0.980. The minimum atomic E-state index is -4.40. The molecule has 0 fully saturated rings. The molecule has 2 rings (SSSR count). The molecule has 0 aliphatic carbocycles. The van der Waals surface area contributed by atoms with Crippen molar-refractivity contribution < 1.29 is 27.2 Å². The highest BCUT2D eigenvalue weighted by Crippen LogP contribution is 2.37. The van der Waals surface area contributed by atoms with E-state index in [0.717, 1.165) is 11.3 Å². The lowest BCUT2D eigenvalue weighted by Gasteiger charge is -2.19. The van der Waals surface area contributed by atoms with Gasteiger partial charge in [0.25, 0.3) is 0 Å². The molecule has 0 spiro atoms. The first-order valence-electron chi connectivity index (χ1n) is 8.12. The molecule has 29 heavy (non-hydrogen) atoms. The quantitative estimate of drug-likeness (QED) is 0.259. The van der Waals surface area contributed by atoms with Gasteiger partial charge in [-0.2, -0.15) is 17.9 Å². The Labute approximate surface area is 177 Å². The molecule has 2 heterocycles. The lowest BCUT2D eigenvalue weighted by Crippen LogP contribution is -2.32. The Bertz CT molecular complexity index is 902. The van der Waals surface area contributed by atoms with Crippen molar-refractivity contribution in [2.24, 2.45) is 0 Å². The van der Waals surface area contributed by atoms with Crippen LogP contribution in [0.4, 0.5) is 18.2 Å². The van der Waals surface area contributed by atoms with Crippen LogP contribution in [-0.2, 0) is 16.0 Å². The van der Waals surface area contributed by atoms with Crippen molar-refractivity contribution in [1.29, 1.82) is 0 Å². The molecule has 2 aromatic heterocycles. The summed E-state index contributed by atoms with van der Waals surface area (Å²) in [5.41, 5.74) is 0.488. The number of hydrogen-bond acceptors (Lipinski definition) is 5. The van der Waals surface area contributed by atoms with Gasteiger partial charge in [-0.3, -0.25) is 9.69 Å². The monoisotopic (exact) mass is 465 g/mol. The fourth-order valence-electron chi connectivity index (χ4n) is 2.20. The Morgan fingerprint density at radius 3 is 2.79 bits per heavy atom. The number of anilines is 1. The second-order valence-electron chi connectivity index (χ2n) is 5.71. The van der Waals surface area contributed by atoms with Crippen LogP contribution in [0.1, 0.15) is 12.8 Å². The van der Waals surface area contributed by atoms with E-state index in [1.54, 1.807) is 6.07 Å². The van der Waals surface area contributed by atoms with Crippen molar-refractivity contribution >= 4 is 45.0 Å². The Balaban J connectivity index is 2.11. The van der Waals surface area contributed by atoms with Gasteiger partial charge in [-0.05, 0) is 6.07 Å². The number of aromatic nitrogens is 2. The van der Waals surface area contributed by atoms with Gasteiger partial charge in [0.2, 0.25) is 5.91 Å². The Morgan fingerprint density at radius 1 is 1.45 bits per heavy atom. The van der Waals surface area contributed by atoms with E-state index in [1.807, 2.05) is 0 Å². The highest BCUT2D eigenvalue weighted by molar-refractivity contribution is 7.91. The van der Waals surface area contributed by atoms with E-state index in [1.165, 1.54) is 23.4 Å². The standard InChI is InChI=1S/C17H15ClF3N3O3S2/c1-2-7-24(13(25)5-9-29(27)10-6-17(19,20)21)16-14(18)22-15(28-16)12-4-3-8-23(26)11-12/h1,3-4,8,11H,5-7,9-10H2. The summed E-state index contributed by atoms with van der Waals surface area (Å²) in [6.45, 7) is -0.147. The average molecular weight is 466 g/mol. The summed E-state index contributed by atoms with van der Waals surface area (Å²) in [6.07, 6.45) is 2.06. The third-order valence-electron chi connectivity index (χ3n) is 3.54. The number of carbonyl (C=O) groups is 1. The molecule has 12 heteroatoms. The van der Waals surface area contributed by atoms with Crippen LogP contribution in [0.3, 0.4) is 0 Å². The van der Waals surface area contributed by atoms with Crippen molar-refractivity contribution in [3.63, 3.8) is 0 Å². The summed E-state index contributed by atoms with van der Waals surface area (Å²) in [7, 11) is 0. The number of rotatable bonds is 8. The Morgan fingerprint density at radius 2 is 2.17 bits per heavy atom. The maximum absolute atomic E-state index is 12.5. The lowest BCUT2D eigenvalue weighted by atomic mass is 10.3. The molecule has 6 nitrogen and oxygen atoms in total. The third-order valence-corrected chi connectivity index (χ3v) is 6.37. The van der Waals surface area contributed by atoms with Crippen LogP contribution in [0, 0.1) is 17.6 Å². The average Bonchev–Trinajstić information content (AvgIpc) is 3.03. The Hall–Kier alpha value is -2.00. The van der Waals surface area contributed by atoms with Crippen molar-refractivity contribution in [2.75, 3.05) is 23.0 Å². The molecule has 1 unspecified atom stereocenters. The van der Waals surface area contributed by atoms with E-state index in [0.29, 0.717) is 15.3 Å². The van der Waals surface area contributed by atoms with E-state index in [4.69, 9.17) is 18.0 Å². The number of terminal acetylenes is 1. The van der Waals surface area contributed by atoms with Crippen molar-refractivity contribution in [3.05, 3.63) is 34.9 Å². The number of pyridine rings is 1. The summed E-state index contributed by atoms with van der Waals surface area (Å²) < 4.78 is 48.9. The van der Waals surface area contributed by atoms with E-state index in [9.17, 15) is 27.7 Å². The van der Waals surface area contributed by atoms with E-state index < -0.39 is 35.4 Å². The van der Waals surface area contributed by atoms with E-state index >= 15 is 0 Å². The van der Waals surface area contributed by atoms with Gasteiger partial charge >= 0.3 is 6.18 Å². The molecule has 0 aliphatic rings. The summed E-state index contributed by atoms with van der Waals surface area (Å²) in [4.78, 5) is 17.8. The van der Waals surface area contributed by atoms with Crippen LogP contribution >= 0.6 is 22.9 Å². The number of alkyl halides is 3. The normalized spacial score (nSPS) is 12.4. The maximum Gasteiger partial charge on any atom is 0.393 e. The van der Waals surface area contributed by atoms with Crippen LogP contribution < -0.4 is 9.63 Å². The van der Waals surface area contributed by atoms with Crippen LogP contribution in [0.2, 0.25) is 5.15 Å². The molecule has 0 bridgehead atoms. The fraction of sp³-hybridized carbons (Fsp3) is 0.353. The fourth-order valence-corrected chi connectivity index (χ4v) is 4.58. The molecule has 156 valence electrons. The van der Waals surface area contributed by atoms with Gasteiger partial charge in [0.1, 0.15) is 21.5 Å². The van der Waals surface area contributed by atoms with E-state index in [-0.39, 0.29) is 28.9 Å². The van der Waals surface area contributed by atoms with Gasteiger partial charge in [0.05, 0.1) is 24.9 Å². The molecular formula is C17H15ClF3N3O3S2. The lowest BCUT2D eigenvalue weighted by molar-refractivity contribution is -0.604. The third kappa shape index (κ3) is 7.08. The Kier molecular flexibility index (Phi) is 8.15. The van der Waals surface area contributed by atoms with Crippen molar-refractivity contribution in [3.8, 4) is 22.9 Å². The number of amides is 1. The van der Waals surface area contributed by atoms with Crippen molar-refractivity contribution in [2.45, 2.75) is 19.0 Å². The molecule has 1 atom stereocenters. The number of nitrogens with zero attached hydrogens (tertiary/aromatic N) is 3. The van der Waals surface area contributed by atoms with Gasteiger partial charge in [-0.15, -0.1) is 6.42 Å².